The second-order valence-corrected chi connectivity index (χ2v) is 9.06. The van der Waals surface area contributed by atoms with Crippen LogP contribution in [0.2, 0.25) is 5.02 Å². The second kappa shape index (κ2) is 10.4. The van der Waals surface area contributed by atoms with Crippen molar-refractivity contribution in [3.05, 3.63) is 63.2 Å². The first kappa shape index (κ1) is 23.3. The van der Waals surface area contributed by atoms with Gasteiger partial charge in [0.05, 0.1) is 25.1 Å². The Hall–Kier alpha value is -2.83. The Labute approximate surface area is 199 Å². The Kier molecular flexibility index (Phi) is 7.36. The van der Waals surface area contributed by atoms with Crippen molar-refractivity contribution in [1.29, 1.82) is 0 Å². The molecule has 3 aromatic rings. The molecular weight excluding hydrogens is 438 g/mol. The van der Waals surface area contributed by atoms with E-state index in [1.165, 1.54) is 0 Å². The van der Waals surface area contributed by atoms with E-state index < -0.39 is 0 Å². The molecule has 2 unspecified atom stereocenters. The number of halogens is 1. The average Bonchev–Trinajstić information content (AvgIpc) is 2.85. The number of fused-ring (bicyclic) bond motifs is 1. The van der Waals surface area contributed by atoms with Crippen molar-refractivity contribution in [3.63, 3.8) is 0 Å². The van der Waals surface area contributed by atoms with E-state index in [-0.39, 0.29) is 5.56 Å². The first-order valence-corrected chi connectivity index (χ1v) is 11.7. The Balaban J connectivity index is 1.78. The van der Waals surface area contributed by atoms with Crippen LogP contribution in [0.15, 0.2) is 41.2 Å². The highest BCUT2D eigenvalue weighted by molar-refractivity contribution is 6.31. The molecule has 1 fully saturated rings. The summed E-state index contributed by atoms with van der Waals surface area (Å²) in [5.74, 6) is 2.95. The third-order valence-electron chi connectivity index (χ3n) is 6.46. The molecule has 2 aromatic carbocycles. The number of nitrogens with zero attached hydrogens (tertiary/aromatic N) is 2. The van der Waals surface area contributed by atoms with E-state index in [2.05, 4.69) is 0 Å². The van der Waals surface area contributed by atoms with Crippen LogP contribution in [0.3, 0.4) is 0 Å². The van der Waals surface area contributed by atoms with E-state index in [1.807, 2.05) is 30.4 Å². The summed E-state index contributed by atoms with van der Waals surface area (Å²) in [6.45, 7) is 1.30. The lowest BCUT2D eigenvalue weighted by Crippen LogP contribution is -2.31. The van der Waals surface area contributed by atoms with Gasteiger partial charge in [0.1, 0.15) is 17.3 Å². The maximum atomic E-state index is 13.5. The number of nitrogens with two attached hydrogens (primary N) is 1. The largest absolute Gasteiger partial charge is 0.497 e. The molecular formula is C26H30ClN3O3. The smallest absolute Gasteiger partial charge is 0.261 e. The van der Waals surface area contributed by atoms with Gasteiger partial charge in [0, 0.05) is 17.1 Å². The molecule has 1 aliphatic rings. The first-order chi connectivity index (χ1) is 16.0. The fraction of sp³-hybridized carbons (Fsp3) is 0.385. The van der Waals surface area contributed by atoms with Crippen molar-refractivity contribution in [2.24, 2.45) is 17.6 Å². The zero-order valence-electron chi connectivity index (χ0n) is 19.1. The molecule has 174 valence electrons. The third kappa shape index (κ3) is 5.23. The monoisotopic (exact) mass is 467 g/mol. The molecule has 0 amide bonds. The topological polar surface area (TPSA) is 79.4 Å². The minimum absolute atomic E-state index is 0.0744. The molecule has 0 saturated heterocycles. The molecule has 7 heteroatoms. The number of ether oxygens (including phenoxy) is 2. The average molecular weight is 468 g/mol. The number of hydrogen-bond acceptors (Lipinski definition) is 5. The molecule has 4 rings (SSSR count). The van der Waals surface area contributed by atoms with Crippen molar-refractivity contribution < 1.29 is 9.47 Å². The van der Waals surface area contributed by atoms with E-state index in [9.17, 15) is 4.79 Å². The summed E-state index contributed by atoms with van der Waals surface area (Å²) in [6.07, 6.45) is 8.20. The Morgan fingerprint density at radius 3 is 2.70 bits per heavy atom. The normalized spacial score (nSPS) is 18.7. The number of aromatic nitrogens is 2. The minimum Gasteiger partial charge on any atom is -0.497 e. The van der Waals surface area contributed by atoms with E-state index >= 15 is 0 Å². The van der Waals surface area contributed by atoms with Gasteiger partial charge in [-0.25, -0.2) is 4.98 Å². The molecule has 0 bridgehead atoms. The lowest BCUT2D eigenvalue weighted by atomic mass is 9.81. The number of hydrogen-bond donors (Lipinski definition) is 1. The quantitative estimate of drug-likeness (QED) is 0.528. The lowest BCUT2D eigenvalue weighted by Gasteiger charge is -2.29. The standard InChI is InChI=1S/C26H30ClN3O3/c1-32-21-8-10-24(33-2)19(13-21)6-11-25-29-23-9-7-20(27)14-22(23)26(31)30(25)16-18-5-3-4-17(12-18)15-28/h6-11,13-14,17-18H,3-5,12,15-16,28H2,1-2H3. The molecule has 1 heterocycles. The summed E-state index contributed by atoms with van der Waals surface area (Å²) < 4.78 is 12.6. The van der Waals surface area contributed by atoms with Gasteiger partial charge in [0.15, 0.2) is 0 Å². The van der Waals surface area contributed by atoms with Gasteiger partial charge in [0.25, 0.3) is 5.56 Å². The van der Waals surface area contributed by atoms with Crippen LogP contribution in [0.4, 0.5) is 0 Å². The molecule has 33 heavy (non-hydrogen) atoms. The van der Waals surface area contributed by atoms with Gasteiger partial charge in [-0.15, -0.1) is 0 Å². The maximum absolute atomic E-state index is 13.5. The number of rotatable bonds is 7. The molecule has 0 radical (unpaired) electrons. The summed E-state index contributed by atoms with van der Waals surface area (Å²) in [6, 6.07) is 10.8. The summed E-state index contributed by atoms with van der Waals surface area (Å²) >= 11 is 6.19. The molecule has 1 saturated carbocycles. The summed E-state index contributed by atoms with van der Waals surface area (Å²) in [7, 11) is 3.26. The highest BCUT2D eigenvalue weighted by atomic mass is 35.5. The Bertz CT molecular complexity index is 1220. The van der Waals surface area contributed by atoms with Gasteiger partial charge in [-0.1, -0.05) is 18.0 Å². The van der Waals surface area contributed by atoms with E-state index in [0.717, 1.165) is 37.0 Å². The molecule has 0 aliphatic heterocycles. The predicted molar refractivity (Wildman–Crippen MR) is 134 cm³/mol. The fourth-order valence-corrected chi connectivity index (χ4v) is 4.86. The molecule has 1 aliphatic carbocycles. The molecule has 2 atom stereocenters. The first-order valence-electron chi connectivity index (χ1n) is 11.3. The zero-order valence-corrected chi connectivity index (χ0v) is 19.8. The van der Waals surface area contributed by atoms with Gasteiger partial charge in [-0.2, -0.15) is 0 Å². The highest BCUT2D eigenvalue weighted by Gasteiger charge is 2.23. The van der Waals surface area contributed by atoms with Crippen molar-refractivity contribution in [3.8, 4) is 11.5 Å². The van der Waals surface area contributed by atoms with Crippen molar-refractivity contribution in [1.82, 2.24) is 9.55 Å². The van der Waals surface area contributed by atoms with Gasteiger partial charge in [-0.05, 0) is 86.2 Å². The van der Waals surface area contributed by atoms with Crippen LogP contribution in [0.5, 0.6) is 11.5 Å². The van der Waals surface area contributed by atoms with Crippen molar-refractivity contribution >= 4 is 34.7 Å². The molecule has 0 spiro atoms. The van der Waals surface area contributed by atoms with Crippen LogP contribution in [-0.4, -0.2) is 30.3 Å². The van der Waals surface area contributed by atoms with Crippen LogP contribution in [-0.2, 0) is 6.54 Å². The number of benzene rings is 2. The van der Waals surface area contributed by atoms with E-state index in [4.69, 9.17) is 31.8 Å². The van der Waals surface area contributed by atoms with Gasteiger partial charge >= 0.3 is 0 Å². The summed E-state index contributed by atoms with van der Waals surface area (Å²) in [4.78, 5) is 18.3. The molecule has 1 aromatic heterocycles. The fourth-order valence-electron chi connectivity index (χ4n) is 4.69. The van der Waals surface area contributed by atoms with Gasteiger partial charge in [0.2, 0.25) is 0 Å². The minimum atomic E-state index is -0.0744. The third-order valence-corrected chi connectivity index (χ3v) is 6.70. The highest BCUT2D eigenvalue weighted by Crippen LogP contribution is 2.30. The van der Waals surface area contributed by atoms with Crippen LogP contribution in [0.25, 0.3) is 23.1 Å². The second-order valence-electron chi connectivity index (χ2n) is 8.62. The van der Waals surface area contributed by atoms with Crippen LogP contribution in [0, 0.1) is 11.8 Å². The van der Waals surface area contributed by atoms with Gasteiger partial charge < -0.3 is 15.2 Å². The van der Waals surface area contributed by atoms with Crippen LogP contribution >= 0.6 is 11.6 Å². The lowest BCUT2D eigenvalue weighted by molar-refractivity contribution is 0.245. The summed E-state index contributed by atoms with van der Waals surface area (Å²) in [5, 5.41) is 1.06. The maximum Gasteiger partial charge on any atom is 0.261 e. The van der Waals surface area contributed by atoms with Crippen molar-refractivity contribution in [2.45, 2.75) is 32.2 Å². The Morgan fingerprint density at radius 2 is 1.94 bits per heavy atom. The number of methoxy groups -OCH3 is 2. The van der Waals surface area contributed by atoms with E-state index in [0.29, 0.717) is 52.4 Å². The SMILES string of the molecule is COc1ccc(OC)c(C=Cc2nc3ccc(Cl)cc3c(=O)n2CC2CCCC(CN)C2)c1. The zero-order chi connectivity index (χ0) is 23.4. The predicted octanol–water partition coefficient (Wildman–Crippen LogP) is 5.00. The van der Waals surface area contributed by atoms with Crippen LogP contribution in [0.1, 0.15) is 37.1 Å². The van der Waals surface area contributed by atoms with Crippen LogP contribution < -0.4 is 20.8 Å². The molecule has 2 N–H and O–H groups in total. The van der Waals surface area contributed by atoms with E-state index in [1.54, 1.807) is 37.0 Å². The molecule has 6 nitrogen and oxygen atoms in total. The van der Waals surface area contributed by atoms with Crippen molar-refractivity contribution in [2.75, 3.05) is 20.8 Å². The van der Waals surface area contributed by atoms with Gasteiger partial charge in [-0.3, -0.25) is 9.36 Å². The Morgan fingerprint density at radius 1 is 1.12 bits per heavy atom. The summed E-state index contributed by atoms with van der Waals surface area (Å²) in [5.41, 5.74) is 7.34.